The highest BCUT2D eigenvalue weighted by molar-refractivity contribution is 7.02. The van der Waals surface area contributed by atoms with Gasteiger partial charge in [0.2, 0.25) is 0 Å². The summed E-state index contributed by atoms with van der Waals surface area (Å²) in [5, 5.41) is 3.15. The van der Waals surface area contributed by atoms with Crippen molar-refractivity contribution < 1.29 is 0 Å². The van der Waals surface area contributed by atoms with Crippen molar-refractivity contribution in [2.24, 2.45) is 11.8 Å². The van der Waals surface area contributed by atoms with Gasteiger partial charge in [0.1, 0.15) is 8.07 Å². The fourth-order valence-electron chi connectivity index (χ4n) is 4.02. The van der Waals surface area contributed by atoms with Gasteiger partial charge < -0.3 is 0 Å². The van der Waals surface area contributed by atoms with E-state index in [1.165, 1.54) is 6.42 Å². The molecule has 20 heavy (non-hydrogen) atoms. The summed E-state index contributed by atoms with van der Waals surface area (Å²) in [4.78, 5) is 0. The van der Waals surface area contributed by atoms with E-state index in [0.29, 0.717) is 0 Å². The van der Waals surface area contributed by atoms with Gasteiger partial charge in [0, 0.05) is 0 Å². The molecule has 1 fully saturated rings. The van der Waals surface area contributed by atoms with Gasteiger partial charge in [0.15, 0.2) is 0 Å². The van der Waals surface area contributed by atoms with E-state index >= 15 is 0 Å². The summed E-state index contributed by atoms with van der Waals surface area (Å²) in [7, 11) is -1.68. The Labute approximate surface area is 122 Å². The van der Waals surface area contributed by atoms with Gasteiger partial charge >= 0.3 is 0 Å². The molecule has 0 radical (unpaired) electrons. The minimum Gasteiger partial charge on any atom is -0.0869 e. The summed E-state index contributed by atoms with van der Waals surface area (Å²) >= 11 is 0. The molecule has 2 aromatic rings. The van der Waals surface area contributed by atoms with Crippen LogP contribution in [0, 0.1) is 11.8 Å². The van der Waals surface area contributed by atoms with Gasteiger partial charge in [-0.15, -0.1) is 0 Å². The summed E-state index contributed by atoms with van der Waals surface area (Å²) in [5.41, 5.74) is 0.775. The Morgan fingerprint density at radius 2 is 1.35 bits per heavy atom. The van der Waals surface area contributed by atoms with E-state index in [-0.39, 0.29) is 0 Å². The Morgan fingerprint density at radius 3 is 1.75 bits per heavy atom. The van der Waals surface area contributed by atoms with Crippen LogP contribution in [-0.2, 0) is 0 Å². The minimum atomic E-state index is -1.68. The average molecular weight is 276 g/mol. The van der Waals surface area contributed by atoms with E-state index in [0.717, 1.165) is 17.4 Å². The Balaban J connectivity index is 1.87. The van der Waals surface area contributed by atoms with Crippen LogP contribution in [-0.4, -0.2) is 8.07 Å². The summed E-state index contributed by atoms with van der Waals surface area (Å²) < 4.78 is 0. The minimum absolute atomic E-state index is 0.775. The van der Waals surface area contributed by atoms with E-state index in [4.69, 9.17) is 0 Å². The van der Waals surface area contributed by atoms with E-state index < -0.39 is 8.07 Å². The van der Waals surface area contributed by atoms with Crippen LogP contribution >= 0.6 is 0 Å². The van der Waals surface area contributed by atoms with Crippen LogP contribution in [0.15, 0.2) is 72.8 Å². The molecule has 0 spiro atoms. The first kappa shape index (κ1) is 12.2. The second kappa shape index (κ2) is 4.46. The molecule has 0 bridgehead atoms. The molecule has 2 aliphatic carbocycles. The molecular weight excluding hydrogens is 256 g/mol. The number of benzene rings is 2. The second-order valence-electron chi connectivity index (χ2n) is 6.41. The zero-order chi connectivity index (χ0) is 13.6. The van der Waals surface area contributed by atoms with Gasteiger partial charge in [-0.2, -0.15) is 0 Å². The molecule has 1 saturated carbocycles. The molecule has 100 valence electrons. The van der Waals surface area contributed by atoms with Crippen LogP contribution in [0.25, 0.3) is 0 Å². The van der Waals surface area contributed by atoms with E-state index in [1.807, 2.05) is 0 Å². The first-order chi connectivity index (χ1) is 9.80. The Kier molecular flexibility index (Phi) is 2.71. The average Bonchev–Trinajstić information content (AvgIpc) is 3.18. The highest BCUT2D eigenvalue weighted by Crippen LogP contribution is 2.56. The Bertz CT molecular complexity index is 590. The van der Waals surface area contributed by atoms with E-state index in [9.17, 15) is 0 Å². The Hall–Kier alpha value is -1.60. The largest absolute Gasteiger partial charge is 0.122 e. The lowest BCUT2D eigenvalue weighted by Crippen LogP contribution is -2.59. The maximum atomic E-state index is 2.56. The fraction of sp³-hybridized carbons (Fsp3) is 0.263. The van der Waals surface area contributed by atoms with Crippen LogP contribution in [0.4, 0.5) is 0 Å². The van der Waals surface area contributed by atoms with E-state index in [1.54, 1.807) is 10.4 Å². The standard InChI is InChI=1S/C19H20Si/c1-20(16-8-4-2-5-9-16,17-10-6-3-7-11-17)19-13-12-15-14-18(15)19/h2-13,15,18-19H,14H2,1H3/t15-,18+,19+/m1/s1. The van der Waals surface area contributed by atoms with Crippen molar-refractivity contribution >= 4 is 18.4 Å². The molecule has 0 unspecified atom stereocenters. The molecule has 2 aromatic carbocycles. The van der Waals surface area contributed by atoms with Crippen LogP contribution in [0.3, 0.4) is 0 Å². The number of hydrogen-bond acceptors (Lipinski definition) is 0. The lowest BCUT2D eigenvalue weighted by molar-refractivity contribution is 0.830. The predicted octanol–water partition coefficient (Wildman–Crippen LogP) is 3.46. The molecular formula is C19H20Si. The summed E-state index contributed by atoms with van der Waals surface area (Å²) in [6.07, 6.45) is 6.43. The lowest BCUT2D eigenvalue weighted by Gasteiger charge is -2.35. The maximum Gasteiger partial charge on any atom is 0.122 e. The first-order valence-electron chi connectivity index (χ1n) is 7.59. The highest BCUT2D eigenvalue weighted by Gasteiger charge is 2.53. The van der Waals surface area contributed by atoms with Crippen LogP contribution in [0.1, 0.15) is 6.42 Å². The topological polar surface area (TPSA) is 0 Å². The molecule has 0 nitrogen and oxygen atoms in total. The molecule has 0 heterocycles. The van der Waals surface area contributed by atoms with Gasteiger partial charge in [-0.05, 0) is 23.8 Å². The quantitative estimate of drug-likeness (QED) is 0.595. The monoisotopic (exact) mass is 276 g/mol. The molecule has 0 N–H and O–H groups in total. The SMILES string of the molecule is C[Si](c1ccccc1)(c1ccccc1)[C@H]1C=C[C@@H]2C[C@@H]21. The number of rotatable bonds is 3. The third-order valence-electron chi connectivity index (χ3n) is 5.33. The molecule has 2 aliphatic rings. The van der Waals surface area contributed by atoms with Crippen molar-refractivity contribution in [3.63, 3.8) is 0 Å². The van der Waals surface area contributed by atoms with Crippen molar-refractivity contribution in [2.75, 3.05) is 0 Å². The molecule has 0 aliphatic heterocycles. The van der Waals surface area contributed by atoms with E-state index in [2.05, 4.69) is 79.4 Å². The predicted molar refractivity (Wildman–Crippen MR) is 88.3 cm³/mol. The first-order valence-corrected chi connectivity index (χ1v) is 10.2. The smallest absolute Gasteiger partial charge is 0.0869 e. The zero-order valence-corrected chi connectivity index (χ0v) is 12.9. The second-order valence-corrected chi connectivity index (χ2v) is 10.6. The summed E-state index contributed by atoms with van der Waals surface area (Å²) in [6.45, 7) is 2.56. The fourth-order valence-corrected chi connectivity index (χ4v) is 8.62. The van der Waals surface area contributed by atoms with Crippen LogP contribution in [0.2, 0.25) is 12.1 Å². The van der Waals surface area contributed by atoms with Crippen molar-refractivity contribution in [3.8, 4) is 0 Å². The summed E-state index contributed by atoms with van der Waals surface area (Å²) in [5.74, 6) is 1.81. The van der Waals surface area contributed by atoms with Crippen LogP contribution in [0.5, 0.6) is 0 Å². The molecule has 0 aromatic heterocycles. The third kappa shape index (κ3) is 1.73. The van der Waals surface area contributed by atoms with Crippen molar-refractivity contribution in [1.82, 2.24) is 0 Å². The van der Waals surface area contributed by atoms with Crippen molar-refractivity contribution in [1.29, 1.82) is 0 Å². The highest BCUT2D eigenvalue weighted by atomic mass is 28.3. The Morgan fingerprint density at radius 1 is 0.800 bits per heavy atom. The van der Waals surface area contributed by atoms with Gasteiger partial charge in [-0.3, -0.25) is 0 Å². The molecule has 0 amide bonds. The molecule has 1 heteroatoms. The maximum absolute atomic E-state index is 2.56. The number of fused-ring (bicyclic) bond motifs is 1. The van der Waals surface area contributed by atoms with Gasteiger partial charge in [0.25, 0.3) is 0 Å². The molecule has 4 rings (SSSR count). The van der Waals surface area contributed by atoms with Gasteiger partial charge in [0.05, 0.1) is 0 Å². The number of allylic oxidation sites excluding steroid dienone is 2. The van der Waals surface area contributed by atoms with Gasteiger partial charge in [-0.25, -0.2) is 0 Å². The lowest BCUT2D eigenvalue weighted by atomic mass is 10.3. The van der Waals surface area contributed by atoms with Crippen molar-refractivity contribution in [2.45, 2.75) is 18.5 Å². The number of hydrogen-bond donors (Lipinski definition) is 0. The molecule has 3 atom stereocenters. The third-order valence-corrected chi connectivity index (χ3v) is 10.4. The zero-order valence-electron chi connectivity index (χ0n) is 11.9. The van der Waals surface area contributed by atoms with Crippen LogP contribution < -0.4 is 10.4 Å². The summed E-state index contributed by atoms with van der Waals surface area (Å²) in [6, 6.07) is 22.5. The van der Waals surface area contributed by atoms with Gasteiger partial charge in [-0.1, -0.05) is 89.7 Å². The normalized spacial score (nSPS) is 27.4. The molecule has 0 saturated heterocycles. The van der Waals surface area contributed by atoms with Crippen molar-refractivity contribution in [3.05, 3.63) is 72.8 Å².